The monoisotopic (exact) mass is 312 g/mol. The minimum absolute atomic E-state index is 0.0216. The molecule has 2 aromatic rings. The van der Waals surface area contributed by atoms with E-state index >= 15 is 0 Å². The van der Waals surface area contributed by atoms with Gasteiger partial charge in [0.05, 0.1) is 5.56 Å². The number of aromatic nitrogens is 2. The van der Waals surface area contributed by atoms with Crippen molar-refractivity contribution in [3.05, 3.63) is 33.9 Å². The van der Waals surface area contributed by atoms with Crippen LogP contribution in [-0.2, 0) is 0 Å². The van der Waals surface area contributed by atoms with Gasteiger partial charge in [0.15, 0.2) is 0 Å². The first-order valence-electron chi connectivity index (χ1n) is 5.35. The zero-order valence-corrected chi connectivity index (χ0v) is 11.7. The maximum absolute atomic E-state index is 11.7. The zero-order chi connectivity index (χ0) is 14.7. The number of carbonyl (C=O) groups excluding carboxylic acids is 1. The Morgan fingerprint density at radius 1 is 1.35 bits per heavy atom. The Hall–Kier alpha value is -2.19. The predicted octanol–water partition coefficient (Wildman–Crippen LogP) is 2.84. The Balaban J connectivity index is 2.09. The van der Waals surface area contributed by atoms with Crippen molar-refractivity contribution in [1.29, 1.82) is 0 Å². The Bertz CT molecular complexity index is 653. The second-order valence-corrected chi connectivity index (χ2v) is 5.01. The summed E-state index contributed by atoms with van der Waals surface area (Å²) in [5.74, 6) is -1.07. The van der Waals surface area contributed by atoms with E-state index in [0.717, 1.165) is 11.3 Å². The lowest BCUT2D eigenvalue weighted by Gasteiger charge is -2.06. The molecule has 0 unspecified atom stereocenters. The number of aromatic carboxylic acids is 1. The molecule has 20 heavy (non-hydrogen) atoms. The molecular formula is C11H9ClN4O3S. The van der Waals surface area contributed by atoms with E-state index in [-0.39, 0.29) is 21.7 Å². The summed E-state index contributed by atoms with van der Waals surface area (Å²) in [5, 5.41) is 15.7. The number of halogens is 1. The van der Waals surface area contributed by atoms with Gasteiger partial charge in [0.1, 0.15) is 10.2 Å². The van der Waals surface area contributed by atoms with Crippen LogP contribution in [-0.4, -0.2) is 27.1 Å². The number of hydrogen-bond acceptors (Lipinski definition) is 5. The summed E-state index contributed by atoms with van der Waals surface area (Å²) >= 11 is 6.85. The van der Waals surface area contributed by atoms with E-state index in [9.17, 15) is 9.59 Å². The molecular weight excluding hydrogens is 304 g/mol. The first-order valence-corrected chi connectivity index (χ1v) is 6.61. The molecule has 0 aliphatic heterocycles. The molecule has 0 saturated heterocycles. The maximum Gasteiger partial charge on any atom is 0.338 e. The molecule has 0 fully saturated rings. The van der Waals surface area contributed by atoms with Gasteiger partial charge in [0.25, 0.3) is 0 Å². The molecule has 0 aliphatic carbocycles. The van der Waals surface area contributed by atoms with Gasteiger partial charge in [-0.1, -0.05) is 11.6 Å². The number of urea groups is 1. The fraction of sp³-hybridized carbons (Fsp3) is 0.0909. The number of thiophene rings is 1. The minimum atomic E-state index is -1.11. The van der Waals surface area contributed by atoms with Crippen LogP contribution in [0.2, 0.25) is 5.15 Å². The summed E-state index contributed by atoms with van der Waals surface area (Å²) in [6, 6.07) is 2.31. The van der Waals surface area contributed by atoms with Crippen LogP contribution in [0.1, 0.15) is 16.1 Å². The Kier molecular flexibility index (Phi) is 4.16. The van der Waals surface area contributed by atoms with Crippen molar-refractivity contribution in [3.8, 4) is 0 Å². The fourth-order valence-electron chi connectivity index (χ4n) is 1.40. The number of aryl methyl sites for hydroxylation is 1. The standard InChI is InChI=1S/C11H9ClN4O3S/c1-5-4-7(12)14-10(13-5)16-11(19)15-8-6(9(17)18)2-3-20-8/h2-4H,1H3,(H,17,18)(H2,13,14,15,16,19). The van der Waals surface area contributed by atoms with Crippen LogP contribution in [0, 0.1) is 6.92 Å². The highest BCUT2D eigenvalue weighted by Crippen LogP contribution is 2.23. The average Bonchev–Trinajstić information content (AvgIpc) is 2.75. The van der Waals surface area contributed by atoms with Crippen molar-refractivity contribution in [2.75, 3.05) is 10.6 Å². The number of carbonyl (C=O) groups is 2. The first kappa shape index (κ1) is 14.2. The van der Waals surface area contributed by atoms with E-state index in [1.807, 2.05) is 0 Å². The van der Waals surface area contributed by atoms with Crippen molar-refractivity contribution in [2.45, 2.75) is 6.92 Å². The summed E-state index contributed by atoms with van der Waals surface area (Å²) in [7, 11) is 0. The van der Waals surface area contributed by atoms with Crippen LogP contribution in [0.4, 0.5) is 15.7 Å². The summed E-state index contributed by atoms with van der Waals surface area (Å²) in [6.07, 6.45) is 0. The maximum atomic E-state index is 11.7. The largest absolute Gasteiger partial charge is 0.478 e. The number of hydrogen-bond donors (Lipinski definition) is 3. The Morgan fingerprint density at radius 3 is 2.75 bits per heavy atom. The molecule has 0 atom stereocenters. The highest BCUT2D eigenvalue weighted by Gasteiger charge is 2.14. The van der Waals surface area contributed by atoms with Crippen LogP contribution in [0.5, 0.6) is 0 Å². The van der Waals surface area contributed by atoms with Gasteiger partial charge in [-0.2, -0.15) is 0 Å². The molecule has 0 radical (unpaired) electrons. The SMILES string of the molecule is Cc1cc(Cl)nc(NC(=O)Nc2sccc2C(=O)O)n1. The quantitative estimate of drug-likeness (QED) is 0.756. The molecule has 9 heteroatoms. The number of carboxylic acids is 1. The summed E-state index contributed by atoms with van der Waals surface area (Å²) in [4.78, 5) is 30.5. The van der Waals surface area contributed by atoms with E-state index < -0.39 is 12.0 Å². The lowest BCUT2D eigenvalue weighted by molar-refractivity contribution is 0.0698. The third-order valence-electron chi connectivity index (χ3n) is 2.17. The molecule has 7 nitrogen and oxygen atoms in total. The number of anilines is 2. The van der Waals surface area contributed by atoms with E-state index in [1.165, 1.54) is 6.07 Å². The van der Waals surface area contributed by atoms with Gasteiger partial charge in [-0.25, -0.2) is 19.6 Å². The van der Waals surface area contributed by atoms with Gasteiger partial charge in [-0.3, -0.25) is 10.6 Å². The number of nitrogens with one attached hydrogen (secondary N) is 2. The zero-order valence-electron chi connectivity index (χ0n) is 10.2. The Morgan fingerprint density at radius 2 is 2.10 bits per heavy atom. The van der Waals surface area contributed by atoms with Crippen LogP contribution >= 0.6 is 22.9 Å². The molecule has 2 amide bonds. The molecule has 0 aliphatic rings. The number of rotatable bonds is 3. The molecule has 0 aromatic carbocycles. The van der Waals surface area contributed by atoms with Crippen LogP contribution in [0.25, 0.3) is 0 Å². The van der Waals surface area contributed by atoms with Crippen molar-refractivity contribution >= 4 is 45.9 Å². The normalized spacial score (nSPS) is 10.1. The van der Waals surface area contributed by atoms with Gasteiger partial charge in [0.2, 0.25) is 5.95 Å². The summed E-state index contributed by atoms with van der Waals surface area (Å²) in [6.45, 7) is 1.71. The lowest BCUT2D eigenvalue weighted by Crippen LogP contribution is -2.21. The van der Waals surface area contributed by atoms with Crippen molar-refractivity contribution < 1.29 is 14.7 Å². The molecule has 2 aromatic heterocycles. The molecule has 0 bridgehead atoms. The molecule has 2 rings (SSSR count). The van der Waals surface area contributed by atoms with E-state index in [1.54, 1.807) is 18.4 Å². The smallest absolute Gasteiger partial charge is 0.338 e. The van der Waals surface area contributed by atoms with Crippen molar-refractivity contribution in [3.63, 3.8) is 0 Å². The predicted molar refractivity (Wildman–Crippen MR) is 75.7 cm³/mol. The molecule has 2 heterocycles. The lowest BCUT2D eigenvalue weighted by atomic mass is 10.3. The van der Waals surface area contributed by atoms with Crippen molar-refractivity contribution in [2.24, 2.45) is 0 Å². The van der Waals surface area contributed by atoms with Gasteiger partial charge in [0, 0.05) is 5.69 Å². The van der Waals surface area contributed by atoms with E-state index in [2.05, 4.69) is 20.6 Å². The number of nitrogens with zero attached hydrogens (tertiary/aromatic N) is 2. The topological polar surface area (TPSA) is 104 Å². The molecule has 104 valence electrons. The van der Waals surface area contributed by atoms with Crippen LogP contribution in [0.3, 0.4) is 0 Å². The third-order valence-corrected chi connectivity index (χ3v) is 3.19. The number of amides is 2. The molecule has 3 N–H and O–H groups in total. The third kappa shape index (κ3) is 3.43. The highest BCUT2D eigenvalue weighted by molar-refractivity contribution is 7.14. The summed E-state index contributed by atoms with van der Waals surface area (Å²) < 4.78 is 0. The highest BCUT2D eigenvalue weighted by atomic mass is 35.5. The minimum Gasteiger partial charge on any atom is -0.478 e. The van der Waals surface area contributed by atoms with Gasteiger partial charge in [-0.15, -0.1) is 11.3 Å². The van der Waals surface area contributed by atoms with E-state index in [0.29, 0.717) is 5.69 Å². The van der Waals surface area contributed by atoms with Gasteiger partial charge >= 0.3 is 12.0 Å². The Labute approximate surface area is 122 Å². The number of carboxylic acid groups (broad SMARTS) is 1. The summed E-state index contributed by atoms with van der Waals surface area (Å²) in [5.41, 5.74) is 0.621. The van der Waals surface area contributed by atoms with Gasteiger partial charge < -0.3 is 5.11 Å². The van der Waals surface area contributed by atoms with E-state index in [4.69, 9.17) is 16.7 Å². The molecule has 0 saturated carbocycles. The van der Waals surface area contributed by atoms with Crippen LogP contribution < -0.4 is 10.6 Å². The van der Waals surface area contributed by atoms with Crippen molar-refractivity contribution in [1.82, 2.24) is 9.97 Å². The second-order valence-electron chi connectivity index (χ2n) is 3.70. The van der Waals surface area contributed by atoms with Gasteiger partial charge in [-0.05, 0) is 24.4 Å². The molecule has 0 spiro atoms. The average molecular weight is 313 g/mol. The van der Waals surface area contributed by atoms with Crippen LogP contribution in [0.15, 0.2) is 17.5 Å². The second kappa shape index (κ2) is 5.85. The fourth-order valence-corrected chi connectivity index (χ4v) is 2.41. The first-order chi connectivity index (χ1) is 9.45.